The molecule has 0 atom stereocenters. The largest absolute Gasteiger partial charge is 0.432 e. The number of nitrogens with one attached hydrogen (secondary N) is 1. The Morgan fingerprint density at radius 3 is 2.69 bits per heavy atom. The van der Waals surface area contributed by atoms with E-state index in [0.717, 1.165) is 6.33 Å². The van der Waals surface area contributed by atoms with Crippen LogP contribution in [0.2, 0.25) is 0 Å². The van der Waals surface area contributed by atoms with E-state index in [1.807, 2.05) is 0 Å². The van der Waals surface area contributed by atoms with Gasteiger partial charge in [0.25, 0.3) is 0 Å². The minimum atomic E-state index is -3.31. The molecule has 0 saturated heterocycles. The number of hydrogen-bond donors (Lipinski definition) is 1. The van der Waals surface area contributed by atoms with Crippen molar-refractivity contribution in [3.8, 4) is 17.1 Å². The molecule has 1 N–H and O–H groups in total. The lowest BCUT2D eigenvalue weighted by molar-refractivity contribution is -0.387. The molecule has 2 aromatic carbocycles. The molecule has 164 valence electrons. The Morgan fingerprint density at radius 1 is 1.19 bits per heavy atom. The fourth-order valence-electron chi connectivity index (χ4n) is 3.12. The average molecular weight is 448 g/mol. The third-order valence-corrected chi connectivity index (χ3v) is 4.47. The molecule has 32 heavy (non-hydrogen) atoms. The molecule has 2 aromatic heterocycles. The second-order valence-corrected chi connectivity index (χ2v) is 6.51. The Balaban J connectivity index is 1.76. The quantitative estimate of drug-likeness (QED) is 0.262. The number of rotatable bonds is 6. The third kappa shape index (κ3) is 3.99. The SMILES string of the molecule is Cn1cc(-c2ncnc(Nc3cc([N+](=O)[O-])c(F)cc3OC(F)F)n2)c2cc(F)ccc21. The molecule has 0 amide bonds. The molecule has 4 aromatic rings. The molecule has 0 aliphatic heterocycles. The van der Waals surface area contributed by atoms with E-state index in [1.54, 1.807) is 23.9 Å². The van der Waals surface area contributed by atoms with E-state index in [2.05, 4.69) is 25.0 Å². The number of benzene rings is 2. The number of halogens is 4. The highest BCUT2D eigenvalue weighted by Crippen LogP contribution is 2.35. The molecule has 0 spiro atoms. The summed E-state index contributed by atoms with van der Waals surface area (Å²) in [6.07, 6.45) is 2.77. The van der Waals surface area contributed by atoms with Crippen LogP contribution in [-0.4, -0.2) is 31.1 Å². The van der Waals surface area contributed by atoms with Gasteiger partial charge in [0.15, 0.2) is 11.6 Å². The minimum Gasteiger partial charge on any atom is -0.432 e. The van der Waals surface area contributed by atoms with Crippen molar-refractivity contribution in [1.82, 2.24) is 19.5 Å². The first-order valence-corrected chi connectivity index (χ1v) is 8.86. The summed E-state index contributed by atoms with van der Waals surface area (Å²) in [5.41, 5.74) is -0.160. The van der Waals surface area contributed by atoms with Crippen LogP contribution in [0.25, 0.3) is 22.3 Å². The summed E-state index contributed by atoms with van der Waals surface area (Å²) in [5, 5.41) is 14.0. The van der Waals surface area contributed by atoms with E-state index in [4.69, 9.17) is 0 Å². The second-order valence-electron chi connectivity index (χ2n) is 6.51. The fraction of sp³-hybridized carbons (Fsp3) is 0.105. The highest BCUT2D eigenvalue weighted by atomic mass is 19.3. The highest BCUT2D eigenvalue weighted by molar-refractivity contribution is 5.94. The van der Waals surface area contributed by atoms with Gasteiger partial charge in [0.05, 0.1) is 10.6 Å². The van der Waals surface area contributed by atoms with E-state index in [1.165, 1.54) is 12.1 Å². The van der Waals surface area contributed by atoms with E-state index in [0.29, 0.717) is 28.6 Å². The van der Waals surface area contributed by atoms with Gasteiger partial charge < -0.3 is 14.6 Å². The average Bonchev–Trinajstić information content (AvgIpc) is 3.05. The van der Waals surface area contributed by atoms with E-state index in [-0.39, 0.29) is 17.5 Å². The lowest BCUT2D eigenvalue weighted by Gasteiger charge is -2.12. The van der Waals surface area contributed by atoms with Gasteiger partial charge in [0, 0.05) is 41.8 Å². The summed E-state index contributed by atoms with van der Waals surface area (Å²) in [6.45, 7) is -3.31. The molecule has 0 bridgehead atoms. The highest BCUT2D eigenvalue weighted by Gasteiger charge is 2.22. The van der Waals surface area contributed by atoms with Gasteiger partial charge in [-0.3, -0.25) is 10.1 Å². The monoisotopic (exact) mass is 448 g/mol. The van der Waals surface area contributed by atoms with Crippen LogP contribution < -0.4 is 10.1 Å². The van der Waals surface area contributed by atoms with E-state index < -0.39 is 34.6 Å². The molecule has 0 saturated carbocycles. The van der Waals surface area contributed by atoms with Gasteiger partial charge in [0.1, 0.15) is 12.1 Å². The van der Waals surface area contributed by atoms with Crippen molar-refractivity contribution in [2.75, 3.05) is 5.32 Å². The molecule has 0 aliphatic rings. The molecule has 0 radical (unpaired) electrons. The van der Waals surface area contributed by atoms with Crippen molar-refractivity contribution < 1.29 is 27.2 Å². The van der Waals surface area contributed by atoms with Crippen LogP contribution in [0.1, 0.15) is 0 Å². The van der Waals surface area contributed by atoms with Crippen molar-refractivity contribution in [1.29, 1.82) is 0 Å². The number of ether oxygens (including phenoxy) is 1. The number of aryl methyl sites for hydroxylation is 1. The lowest BCUT2D eigenvalue weighted by atomic mass is 10.1. The molecule has 2 heterocycles. The van der Waals surface area contributed by atoms with Crippen molar-refractivity contribution in [3.05, 3.63) is 64.6 Å². The molecule has 0 aliphatic carbocycles. The smallest absolute Gasteiger partial charge is 0.387 e. The summed E-state index contributed by atoms with van der Waals surface area (Å²) in [6, 6.07) is 5.34. The maximum Gasteiger partial charge on any atom is 0.387 e. The van der Waals surface area contributed by atoms with Gasteiger partial charge >= 0.3 is 12.3 Å². The zero-order valence-electron chi connectivity index (χ0n) is 16.1. The van der Waals surface area contributed by atoms with Gasteiger partial charge in [0.2, 0.25) is 11.8 Å². The topological polar surface area (TPSA) is 108 Å². The molecular formula is C19H12F4N6O3. The van der Waals surface area contributed by atoms with Gasteiger partial charge in [-0.2, -0.15) is 18.2 Å². The predicted molar refractivity (Wildman–Crippen MR) is 105 cm³/mol. The molecule has 4 rings (SSSR count). The first-order valence-electron chi connectivity index (χ1n) is 8.86. The van der Waals surface area contributed by atoms with Crippen LogP contribution in [-0.2, 0) is 7.05 Å². The molecule has 0 unspecified atom stereocenters. The summed E-state index contributed by atoms with van der Waals surface area (Å²) in [4.78, 5) is 22.1. The summed E-state index contributed by atoms with van der Waals surface area (Å²) in [7, 11) is 1.75. The van der Waals surface area contributed by atoms with E-state index >= 15 is 0 Å². The van der Waals surface area contributed by atoms with Crippen molar-refractivity contribution in [3.63, 3.8) is 0 Å². The maximum atomic E-state index is 13.9. The van der Waals surface area contributed by atoms with Gasteiger partial charge in [-0.15, -0.1) is 0 Å². The number of hydrogen-bond acceptors (Lipinski definition) is 7. The third-order valence-electron chi connectivity index (χ3n) is 4.47. The zero-order chi connectivity index (χ0) is 23.0. The number of nitro benzene ring substituents is 1. The Bertz CT molecular complexity index is 1340. The summed E-state index contributed by atoms with van der Waals surface area (Å²) < 4.78 is 59.0. The minimum absolute atomic E-state index is 0.117. The Kier molecular flexibility index (Phi) is 5.30. The Hall–Kier alpha value is -4.29. The first-order chi connectivity index (χ1) is 15.2. The lowest BCUT2D eigenvalue weighted by Crippen LogP contribution is -2.07. The van der Waals surface area contributed by atoms with Crippen molar-refractivity contribution >= 4 is 28.2 Å². The molecule has 13 heteroatoms. The standard InChI is InChI=1S/C19H12F4N6O3/c1-28-7-11(10-4-9(20)2-3-14(10)28)17-24-8-25-19(27-17)26-13-6-15(29(30)31)12(21)5-16(13)32-18(22)23/h2-8,18H,1H3,(H,24,25,26,27). The fourth-order valence-corrected chi connectivity index (χ4v) is 3.12. The van der Waals surface area contributed by atoms with Crippen LogP contribution in [0, 0.1) is 21.7 Å². The second kappa shape index (κ2) is 8.09. The summed E-state index contributed by atoms with van der Waals surface area (Å²) in [5.74, 6) is -2.58. The van der Waals surface area contributed by atoms with Gasteiger partial charge in [-0.25, -0.2) is 14.4 Å². The van der Waals surface area contributed by atoms with Gasteiger partial charge in [-0.05, 0) is 18.2 Å². The number of anilines is 2. The first kappa shape index (κ1) is 21.0. The van der Waals surface area contributed by atoms with Crippen LogP contribution in [0.5, 0.6) is 5.75 Å². The maximum absolute atomic E-state index is 13.9. The number of alkyl halides is 2. The molecule has 9 nitrogen and oxygen atoms in total. The van der Waals surface area contributed by atoms with Gasteiger partial charge in [-0.1, -0.05) is 0 Å². The Morgan fingerprint density at radius 2 is 1.97 bits per heavy atom. The summed E-state index contributed by atoms with van der Waals surface area (Å²) >= 11 is 0. The molecule has 0 fully saturated rings. The van der Waals surface area contributed by atoms with Crippen LogP contribution in [0.4, 0.5) is 34.9 Å². The normalized spacial score (nSPS) is 11.2. The Labute approximate surface area is 176 Å². The molecular weight excluding hydrogens is 436 g/mol. The number of aromatic nitrogens is 4. The van der Waals surface area contributed by atoms with Crippen molar-refractivity contribution in [2.24, 2.45) is 7.05 Å². The van der Waals surface area contributed by atoms with Crippen LogP contribution >= 0.6 is 0 Å². The van der Waals surface area contributed by atoms with Crippen LogP contribution in [0.15, 0.2) is 42.9 Å². The van der Waals surface area contributed by atoms with E-state index in [9.17, 15) is 27.7 Å². The van der Waals surface area contributed by atoms with Crippen molar-refractivity contribution in [2.45, 2.75) is 6.61 Å². The predicted octanol–water partition coefficient (Wildman–Crippen LogP) is 4.56. The number of fused-ring (bicyclic) bond motifs is 1. The zero-order valence-corrected chi connectivity index (χ0v) is 16.1. The van der Waals surface area contributed by atoms with Crippen LogP contribution in [0.3, 0.4) is 0 Å². The number of nitro groups is 1. The number of nitrogens with zero attached hydrogens (tertiary/aromatic N) is 5.